The van der Waals surface area contributed by atoms with E-state index in [0.29, 0.717) is 6.04 Å². The van der Waals surface area contributed by atoms with E-state index < -0.39 is 0 Å². The van der Waals surface area contributed by atoms with Gasteiger partial charge < -0.3 is 15.8 Å². The lowest BCUT2D eigenvalue weighted by atomic mass is 10.2. The molecule has 1 aromatic rings. The lowest BCUT2D eigenvalue weighted by Crippen LogP contribution is -2.42. The molecule has 100 valence electrons. The lowest BCUT2D eigenvalue weighted by Gasteiger charge is -2.29. The van der Waals surface area contributed by atoms with Crippen LogP contribution in [0.5, 0.6) is 0 Å². The normalized spacial score (nSPS) is 18.6. The van der Waals surface area contributed by atoms with Crippen LogP contribution in [-0.4, -0.2) is 43.8 Å². The van der Waals surface area contributed by atoms with E-state index in [1.165, 1.54) is 3.57 Å². The topological polar surface area (TPSA) is 50.5 Å². The molecule has 0 aliphatic carbocycles. The molecule has 5 heteroatoms. The van der Waals surface area contributed by atoms with Crippen LogP contribution in [0, 0.1) is 3.57 Å². The number of nitrogens with zero attached hydrogens (tertiary/aromatic N) is 1. The number of halogens is 1. The highest BCUT2D eigenvalue weighted by Crippen LogP contribution is 2.21. The molecular weight excluding hydrogens is 341 g/mol. The number of nitrogens with one attached hydrogen (secondary N) is 1. The van der Waals surface area contributed by atoms with Crippen molar-refractivity contribution in [1.82, 2.24) is 4.90 Å². The molecule has 0 spiro atoms. The molecule has 0 bridgehead atoms. The van der Waals surface area contributed by atoms with Crippen molar-refractivity contribution in [2.45, 2.75) is 13.0 Å². The highest BCUT2D eigenvalue weighted by atomic mass is 127. The van der Waals surface area contributed by atoms with E-state index in [0.717, 1.165) is 44.2 Å². The summed E-state index contributed by atoms with van der Waals surface area (Å²) in [5, 5.41) is 3.54. The Hall–Kier alpha value is -0.530. The number of hydrogen-bond donors (Lipinski definition) is 2. The Bertz CT molecular complexity index is 394. The van der Waals surface area contributed by atoms with Gasteiger partial charge in [-0.05, 0) is 47.7 Å². The number of rotatable bonds is 4. The summed E-state index contributed by atoms with van der Waals surface area (Å²) < 4.78 is 6.52. The van der Waals surface area contributed by atoms with Crippen LogP contribution in [0.3, 0.4) is 0 Å². The van der Waals surface area contributed by atoms with Crippen molar-refractivity contribution in [3.63, 3.8) is 0 Å². The van der Waals surface area contributed by atoms with Crippen LogP contribution in [-0.2, 0) is 4.74 Å². The molecule has 0 amide bonds. The van der Waals surface area contributed by atoms with Gasteiger partial charge in [0.15, 0.2) is 0 Å². The number of ether oxygens (including phenoxy) is 1. The summed E-state index contributed by atoms with van der Waals surface area (Å²) in [5.74, 6) is 0. The van der Waals surface area contributed by atoms with Gasteiger partial charge >= 0.3 is 0 Å². The van der Waals surface area contributed by atoms with Crippen LogP contribution in [0.15, 0.2) is 18.2 Å². The first kappa shape index (κ1) is 13.9. The van der Waals surface area contributed by atoms with E-state index in [2.05, 4.69) is 39.7 Å². The second-order valence-electron chi connectivity index (χ2n) is 4.70. The van der Waals surface area contributed by atoms with Crippen molar-refractivity contribution in [2.75, 3.05) is 43.9 Å². The smallest absolute Gasteiger partial charge is 0.0594 e. The summed E-state index contributed by atoms with van der Waals surface area (Å²) in [7, 11) is 0. The van der Waals surface area contributed by atoms with Crippen LogP contribution in [0.2, 0.25) is 0 Å². The quantitative estimate of drug-likeness (QED) is 0.636. The Morgan fingerprint density at radius 2 is 2.17 bits per heavy atom. The fourth-order valence-corrected chi connectivity index (χ4v) is 2.83. The minimum Gasteiger partial charge on any atom is -0.399 e. The predicted molar refractivity (Wildman–Crippen MR) is 83.9 cm³/mol. The van der Waals surface area contributed by atoms with Crippen LogP contribution in [0.1, 0.15) is 6.92 Å². The highest BCUT2D eigenvalue weighted by Gasteiger charge is 2.14. The van der Waals surface area contributed by atoms with E-state index in [9.17, 15) is 0 Å². The number of nitrogen functional groups attached to an aromatic ring is 1. The minimum absolute atomic E-state index is 0.417. The number of benzene rings is 1. The van der Waals surface area contributed by atoms with E-state index in [-0.39, 0.29) is 0 Å². The zero-order chi connectivity index (χ0) is 13.0. The fraction of sp³-hybridized carbons (Fsp3) is 0.538. The average molecular weight is 361 g/mol. The van der Waals surface area contributed by atoms with Crippen molar-refractivity contribution in [2.24, 2.45) is 0 Å². The molecule has 1 saturated heterocycles. The molecule has 1 aliphatic heterocycles. The number of anilines is 2. The Kier molecular flexibility index (Phi) is 5.08. The maximum Gasteiger partial charge on any atom is 0.0594 e. The van der Waals surface area contributed by atoms with Gasteiger partial charge in [0.2, 0.25) is 0 Å². The Morgan fingerprint density at radius 3 is 2.83 bits per heavy atom. The standard InChI is InChI=1S/C13H20IN3O/c1-10(9-17-4-6-18-7-5-17)16-13-3-2-11(15)8-12(13)14/h2-3,8,10,16H,4-7,9,15H2,1H3. The second kappa shape index (κ2) is 6.58. The van der Waals surface area contributed by atoms with Gasteiger partial charge in [-0.15, -0.1) is 0 Å². The van der Waals surface area contributed by atoms with E-state index in [4.69, 9.17) is 10.5 Å². The first-order valence-corrected chi connectivity index (χ1v) is 7.34. The van der Waals surface area contributed by atoms with Gasteiger partial charge in [-0.3, -0.25) is 4.90 Å². The van der Waals surface area contributed by atoms with Gasteiger partial charge in [-0.25, -0.2) is 0 Å². The summed E-state index contributed by atoms with van der Waals surface area (Å²) in [6.45, 7) is 7.03. The summed E-state index contributed by atoms with van der Waals surface area (Å²) in [6, 6.07) is 6.39. The third-order valence-electron chi connectivity index (χ3n) is 3.03. The first-order valence-electron chi connectivity index (χ1n) is 6.27. The van der Waals surface area contributed by atoms with Crippen molar-refractivity contribution in [3.05, 3.63) is 21.8 Å². The zero-order valence-electron chi connectivity index (χ0n) is 10.7. The average Bonchev–Trinajstić information content (AvgIpc) is 2.34. The van der Waals surface area contributed by atoms with Crippen LogP contribution in [0.25, 0.3) is 0 Å². The van der Waals surface area contributed by atoms with Gasteiger partial charge in [0.25, 0.3) is 0 Å². The molecule has 1 unspecified atom stereocenters. The zero-order valence-corrected chi connectivity index (χ0v) is 12.8. The third-order valence-corrected chi connectivity index (χ3v) is 3.92. The summed E-state index contributed by atoms with van der Waals surface area (Å²) in [4.78, 5) is 2.44. The summed E-state index contributed by atoms with van der Waals surface area (Å²) in [5.41, 5.74) is 7.72. The van der Waals surface area contributed by atoms with Gasteiger partial charge in [0.1, 0.15) is 0 Å². The van der Waals surface area contributed by atoms with Crippen LogP contribution >= 0.6 is 22.6 Å². The minimum atomic E-state index is 0.417. The largest absolute Gasteiger partial charge is 0.399 e. The maximum absolute atomic E-state index is 5.75. The molecule has 18 heavy (non-hydrogen) atoms. The third kappa shape index (κ3) is 4.00. The highest BCUT2D eigenvalue weighted by molar-refractivity contribution is 14.1. The van der Waals surface area contributed by atoms with E-state index in [1.54, 1.807) is 0 Å². The molecule has 0 radical (unpaired) electrons. The first-order chi connectivity index (χ1) is 8.65. The SMILES string of the molecule is CC(CN1CCOCC1)Nc1ccc(N)cc1I. The molecule has 1 heterocycles. The van der Waals surface area contributed by atoms with Gasteiger partial charge in [0, 0.05) is 40.6 Å². The number of nitrogens with two attached hydrogens (primary N) is 1. The van der Waals surface area contributed by atoms with Crippen molar-refractivity contribution in [1.29, 1.82) is 0 Å². The van der Waals surface area contributed by atoms with E-state index in [1.807, 2.05) is 18.2 Å². The molecule has 1 aliphatic rings. The van der Waals surface area contributed by atoms with E-state index >= 15 is 0 Å². The molecule has 0 saturated carbocycles. The number of hydrogen-bond acceptors (Lipinski definition) is 4. The summed E-state index contributed by atoms with van der Waals surface area (Å²) >= 11 is 2.31. The van der Waals surface area contributed by atoms with Crippen LogP contribution in [0.4, 0.5) is 11.4 Å². The fourth-order valence-electron chi connectivity index (χ4n) is 2.13. The van der Waals surface area contributed by atoms with Crippen LogP contribution < -0.4 is 11.1 Å². The molecule has 0 aromatic heterocycles. The molecule has 1 atom stereocenters. The molecule has 1 fully saturated rings. The Labute approximate surface area is 122 Å². The molecule has 1 aromatic carbocycles. The van der Waals surface area contributed by atoms with Gasteiger partial charge in [0.05, 0.1) is 13.2 Å². The van der Waals surface area contributed by atoms with Gasteiger partial charge in [-0.2, -0.15) is 0 Å². The van der Waals surface area contributed by atoms with Crippen molar-refractivity contribution >= 4 is 34.0 Å². The lowest BCUT2D eigenvalue weighted by molar-refractivity contribution is 0.0368. The Morgan fingerprint density at radius 1 is 1.44 bits per heavy atom. The van der Waals surface area contributed by atoms with Gasteiger partial charge in [-0.1, -0.05) is 0 Å². The number of morpholine rings is 1. The van der Waals surface area contributed by atoms with Crippen molar-refractivity contribution in [3.8, 4) is 0 Å². The molecular formula is C13H20IN3O. The molecule has 2 rings (SSSR count). The maximum atomic E-state index is 5.75. The monoisotopic (exact) mass is 361 g/mol. The Balaban J connectivity index is 1.87. The second-order valence-corrected chi connectivity index (χ2v) is 5.86. The molecule has 4 nitrogen and oxygen atoms in total. The predicted octanol–water partition coefficient (Wildman–Crippen LogP) is 2.01. The molecule has 3 N–H and O–H groups in total. The van der Waals surface area contributed by atoms with Crippen molar-refractivity contribution < 1.29 is 4.74 Å². The summed E-state index contributed by atoms with van der Waals surface area (Å²) in [6.07, 6.45) is 0.